The number of piperazine rings is 1. The van der Waals surface area contributed by atoms with Crippen LogP contribution in [0.1, 0.15) is 56.6 Å². The molecule has 242 valence electrons. The quantitative estimate of drug-likeness (QED) is 0.190. The average molecular weight is 623 g/mol. The third-order valence-corrected chi connectivity index (χ3v) is 7.78. The molecule has 1 aromatic carbocycles. The van der Waals surface area contributed by atoms with Gasteiger partial charge in [0.1, 0.15) is 6.61 Å². The maximum Gasteiger partial charge on any atom is 0.417 e. The zero-order chi connectivity index (χ0) is 32.1. The second kappa shape index (κ2) is 17.2. The number of imide groups is 1. The first-order valence-corrected chi connectivity index (χ1v) is 14.9. The first-order chi connectivity index (χ1) is 21.1. The highest BCUT2D eigenvalue weighted by Gasteiger charge is 2.39. The second-order valence-electron chi connectivity index (χ2n) is 10.8. The normalized spacial score (nSPS) is 16.3. The molecule has 0 atom stereocenters. The third-order valence-electron chi connectivity index (χ3n) is 7.78. The van der Waals surface area contributed by atoms with Crippen LogP contribution in [0.4, 0.5) is 18.9 Å². The molecule has 1 saturated heterocycles. The van der Waals surface area contributed by atoms with Crippen LogP contribution in [-0.4, -0.2) is 100 Å². The van der Waals surface area contributed by atoms with Gasteiger partial charge < -0.3 is 19.1 Å². The van der Waals surface area contributed by atoms with Crippen molar-refractivity contribution in [3.05, 3.63) is 40.5 Å². The number of ether oxygens (including phenoxy) is 3. The van der Waals surface area contributed by atoms with Gasteiger partial charge in [-0.3, -0.25) is 19.3 Å². The molecule has 0 radical (unpaired) electrons. The Kier molecular flexibility index (Phi) is 13.8. The summed E-state index contributed by atoms with van der Waals surface area (Å²) in [5.41, 5.74) is -1.38. The Labute approximate surface area is 256 Å². The van der Waals surface area contributed by atoms with Crippen LogP contribution in [-0.2, 0) is 34.8 Å². The molecule has 10 nitrogen and oxygen atoms in total. The number of nitriles is 1. The van der Waals surface area contributed by atoms with Crippen molar-refractivity contribution in [1.82, 2.24) is 9.80 Å². The molecule has 2 heterocycles. The summed E-state index contributed by atoms with van der Waals surface area (Å²) in [6.07, 6.45) is 0.0795. The van der Waals surface area contributed by atoms with Gasteiger partial charge in [0, 0.05) is 44.4 Å². The Hall–Kier alpha value is -3.31. The van der Waals surface area contributed by atoms with Crippen molar-refractivity contribution in [3.63, 3.8) is 0 Å². The number of halogens is 3. The van der Waals surface area contributed by atoms with Crippen LogP contribution in [0.25, 0.3) is 0 Å². The molecule has 0 N–H and O–H groups in total. The Morgan fingerprint density at radius 3 is 2.27 bits per heavy atom. The number of anilines is 1. The molecule has 1 fully saturated rings. The first-order valence-electron chi connectivity index (χ1n) is 14.9. The van der Waals surface area contributed by atoms with E-state index >= 15 is 0 Å². The van der Waals surface area contributed by atoms with Gasteiger partial charge >= 0.3 is 6.18 Å². The fourth-order valence-corrected chi connectivity index (χ4v) is 5.22. The van der Waals surface area contributed by atoms with Crippen LogP contribution in [0.5, 0.6) is 0 Å². The number of alkyl halides is 3. The fourth-order valence-electron chi connectivity index (χ4n) is 5.22. The zero-order valence-corrected chi connectivity index (χ0v) is 25.4. The molecule has 0 spiro atoms. The van der Waals surface area contributed by atoms with Gasteiger partial charge in [0.2, 0.25) is 5.91 Å². The molecule has 0 bridgehead atoms. The molecule has 2 aliphatic rings. The van der Waals surface area contributed by atoms with E-state index in [4.69, 9.17) is 19.5 Å². The standard InChI is InChI=1S/C31H41F3N4O6/c1-23-26(30(41)38(29(23)40)25-10-9-24(21-35)27(20-25)31(32,33)34)8-6-4-3-5-7-11-36-12-14-37(15-13-36)28(39)22-44-19-18-43-17-16-42-2/h9-10,20H,3-8,11-19,22H2,1-2H3. The topological polar surface area (TPSA) is 112 Å². The third kappa shape index (κ3) is 9.85. The molecule has 3 amide bonds. The summed E-state index contributed by atoms with van der Waals surface area (Å²) in [7, 11) is 1.61. The Morgan fingerprint density at radius 2 is 1.59 bits per heavy atom. The first kappa shape index (κ1) is 35.2. The largest absolute Gasteiger partial charge is 0.417 e. The number of amides is 3. The average Bonchev–Trinajstić information content (AvgIpc) is 3.22. The highest BCUT2D eigenvalue weighted by Crippen LogP contribution is 2.37. The lowest BCUT2D eigenvalue weighted by molar-refractivity contribution is -0.139. The summed E-state index contributed by atoms with van der Waals surface area (Å²) < 4.78 is 55.8. The van der Waals surface area contributed by atoms with Crippen molar-refractivity contribution >= 4 is 23.4 Å². The van der Waals surface area contributed by atoms with Crippen molar-refractivity contribution < 1.29 is 41.8 Å². The summed E-state index contributed by atoms with van der Waals surface area (Å²) in [6.45, 7) is 7.29. The summed E-state index contributed by atoms with van der Waals surface area (Å²) in [4.78, 5) is 43.1. The lowest BCUT2D eigenvalue weighted by Gasteiger charge is -2.34. The number of carbonyl (C=O) groups excluding carboxylic acids is 3. The number of rotatable bonds is 17. The molecule has 0 aliphatic carbocycles. The van der Waals surface area contributed by atoms with Gasteiger partial charge in [0.05, 0.1) is 49.3 Å². The van der Waals surface area contributed by atoms with Crippen LogP contribution < -0.4 is 4.90 Å². The molecule has 0 saturated carbocycles. The number of nitrogens with zero attached hydrogens (tertiary/aromatic N) is 4. The van der Waals surface area contributed by atoms with Gasteiger partial charge in [0.25, 0.3) is 11.8 Å². The van der Waals surface area contributed by atoms with Crippen molar-refractivity contribution in [1.29, 1.82) is 5.26 Å². The van der Waals surface area contributed by atoms with Crippen molar-refractivity contribution in [2.24, 2.45) is 0 Å². The monoisotopic (exact) mass is 622 g/mol. The van der Waals surface area contributed by atoms with Crippen molar-refractivity contribution in [2.45, 2.75) is 51.6 Å². The minimum atomic E-state index is -4.79. The predicted octanol–water partition coefficient (Wildman–Crippen LogP) is 3.93. The zero-order valence-electron chi connectivity index (χ0n) is 25.4. The predicted molar refractivity (Wildman–Crippen MR) is 156 cm³/mol. The minimum Gasteiger partial charge on any atom is -0.382 e. The smallest absolute Gasteiger partial charge is 0.382 e. The summed E-state index contributed by atoms with van der Waals surface area (Å²) in [5.74, 6) is -1.26. The van der Waals surface area contributed by atoms with Crippen molar-refractivity contribution in [3.8, 4) is 6.07 Å². The van der Waals surface area contributed by atoms with Crippen LogP contribution >= 0.6 is 0 Å². The molecule has 3 rings (SSSR count). The summed E-state index contributed by atoms with van der Waals surface area (Å²) >= 11 is 0. The van der Waals surface area contributed by atoms with E-state index in [0.717, 1.165) is 56.3 Å². The number of benzene rings is 1. The van der Waals surface area contributed by atoms with E-state index in [2.05, 4.69) is 4.90 Å². The van der Waals surface area contributed by atoms with E-state index in [9.17, 15) is 27.6 Å². The minimum absolute atomic E-state index is 0.0135. The van der Waals surface area contributed by atoms with Gasteiger partial charge in [-0.05, 0) is 50.9 Å². The Balaban J connectivity index is 1.31. The number of unbranched alkanes of at least 4 members (excludes halogenated alkanes) is 4. The van der Waals surface area contributed by atoms with E-state index in [1.807, 2.05) is 4.90 Å². The Bertz CT molecular complexity index is 1220. The molecular formula is C31H41F3N4O6. The van der Waals surface area contributed by atoms with E-state index in [-0.39, 0.29) is 23.8 Å². The molecule has 1 aromatic rings. The second-order valence-corrected chi connectivity index (χ2v) is 10.8. The van der Waals surface area contributed by atoms with Crippen LogP contribution in [0, 0.1) is 11.3 Å². The van der Waals surface area contributed by atoms with Gasteiger partial charge in [-0.15, -0.1) is 0 Å². The van der Waals surface area contributed by atoms with E-state index < -0.39 is 29.1 Å². The molecule has 2 aliphatic heterocycles. The van der Waals surface area contributed by atoms with Gasteiger partial charge in [-0.2, -0.15) is 18.4 Å². The highest BCUT2D eigenvalue weighted by molar-refractivity contribution is 6.32. The van der Waals surface area contributed by atoms with E-state index in [1.165, 1.54) is 19.1 Å². The molecule has 44 heavy (non-hydrogen) atoms. The highest BCUT2D eigenvalue weighted by atomic mass is 19.4. The SMILES string of the molecule is COCCOCCOCC(=O)N1CCN(CCCCCCCC2=C(C)C(=O)N(c3ccc(C#N)c(C(F)(F)F)c3)C2=O)CC1. The number of hydrogen-bond acceptors (Lipinski definition) is 8. The molecule has 13 heteroatoms. The van der Waals surface area contributed by atoms with E-state index in [1.54, 1.807) is 7.11 Å². The summed E-state index contributed by atoms with van der Waals surface area (Å²) in [6, 6.07) is 4.35. The van der Waals surface area contributed by atoms with Crippen LogP contribution in [0.3, 0.4) is 0 Å². The fraction of sp³-hybridized carbons (Fsp3) is 0.613. The maximum absolute atomic E-state index is 13.4. The molecular weight excluding hydrogens is 581 g/mol. The summed E-state index contributed by atoms with van der Waals surface area (Å²) in [5, 5.41) is 9.02. The van der Waals surface area contributed by atoms with E-state index in [0.29, 0.717) is 64.0 Å². The van der Waals surface area contributed by atoms with Crippen molar-refractivity contribution in [2.75, 3.05) is 77.8 Å². The number of carbonyl (C=O) groups is 3. The number of hydrogen-bond donors (Lipinski definition) is 0. The van der Waals surface area contributed by atoms with Gasteiger partial charge in [-0.25, -0.2) is 4.90 Å². The maximum atomic E-state index is 13.4. The van der Waals surface area contributed by atoms with Crippen LogP contribution in [0.15, 0.2) is 29.3 Å². The lowest BCUT2D eigenvalue weighted by atomic mass is 10.0. The van der Waals surface area contributed by atoms with Gasteiger partial charge in [-0.1, -0.05) is 19.3 Å². The van der Waals surface area contributed by atoms with Crippen LogP contribution in [0.2, 0.25) is 0 Å². The number of methoxy groups -OCH3 is 1. The molecule has 0 aromatic heterocycles. The molecule has 0 unspecified atom stereocenters. The lowest BCUT2D eigenvalue weighted by Crippen LogP contribution is -2.49. The Morgan fingerprint density at radius 1 is 0.932 bits per heavy atom. The van der Waals surface area contributed by atoms with Gasteiger partial charge in [0.15, 0.2) is 0 Å².